The molecular weight excluding hydrogens is 266 g/mol. The van der Waals surface area contributed by atoms with Crippen molar-refractivity contribution in [2.24, 2.45) is 0 Å². The Labute approximate surface area is 114 Å². The fourth-order valence-corrected chi connectivity index (χ4v) is 2.10. The fraction of sp³-hybridized carbons (Fsp3) is 0.417. The molecule has 2 aromatic rings. The number of carboxylic acids is 1. The second kappa shape index (κ2) is 5.00. The van der Waals surface area contributed by atoms with Crippen molar-refractivity contribution in [1.82, 2.24) is 9.36 Å². The van der Waals surface area contributed by atoms with Crippen LogP contribution in [0.15, 0.2) is 16.5 Å². The summed E-state index contributed by atoms with van der Waals surface area (Å²) in [6, 6.07) is 3.06. The molecule has 0 spiro atoms. The lowest BCUT2D eigenvalue weighted by Gasteiger charge is -2.12. The summed E-state index contributed by atoms with van der Waals surface area (Å²) >= 11 is 1.28. The summed E-state index contributed by atoms with van der Waals surface area (Å²) in [4.78, 5) is 15.0. The zero-order chi connectivity index (χ0) is 14.0. The second-order valence-electron chi connectivity index (χ2n) is 5.10. The lowest BCUT2D eigenvalue weighted by molar-refractivity contribution is 0.0660. The molecule has 0 aliphatic carbocycles. The molecule has 0 amide bonds. The largest absolute Gasteiger partial charge is 0.475 e. The number of aromatic carboxylic acids is 1. The molecule has 0 aliphatic heterocycles. The highest BCUT2D eigenvalue weighted by Crippen LogP contribution is 2.23. The van der Waals surface area contributed by atoms with Crippen LogP contribution in [0.1, 0.15) is 42.9 Å². The first kappa shape index (κ1) is 13.5. The number of furan rings is 1. The molecule has 0 aliphatic rings. The van der Waals surface area contributed by atoms with Crippen LogP contribution in [-0.2, 0) is 12.0 Å². The van der Waals surface area contributed by atoms with Crippen LogP contribution in [0.4, 0.5) is 5.13 Å². The molecule has 2 aromatic heterocycles. The van der Waals surface area contributed by atoms with Gasteiger partial charge in [-0.3, -0.25) is 0 Å². The minimum Gasteiger partial charge on any atom is -0.475 e. The number of carboxylic acid groups (broad SMARTS) is 1. The lowest BCUT2D eigenvalue weighted by atomic mass is 9.96. The average Bonchev–Trinajstić information content (AvgIpc) is 2.95. The van der Waals surface area contributed by atoms with Gasteiger partial charge in [-0.1, -0.05) is 20.8 Å². The SMILES string of the molecule is CC(C)(C)c1nsc(NCc2ccc(C(=O)O)o2)n1. The maximum atomic E-state index is 10.7. The van der Waals surface area contributed by atoms with Gasteiger partial charge in [0, 0.05) is 16.9 Å². The zero-order valence-electron chi connectivity index (χ0n) is 10.9. The van der Waals surface area contributed by atoms with Crippen molar-refractivity contribution in [2.75, 3.05) is 5.32 Å². The highest BCUT2D eigenvalue weighted by molar-refractivity contribution is 7.09. The third-order valence-electron chi connectivity index (χ3n) is 2.38. The maximum Gasteiger partial charge on any atom is 0.371 e. The molecule has 102 valence electrons. The summed E-state index contributed by atoms with van der Waals surface area (Å²) in [7, 11) is 0. The van der Waals surface area contributed by atoms with Gasteiger partial charge in [-0.25, -0.2) is 9.78 Å². The Bertz CT molecular complexity index is 583. The molecule has 0 radical (unpaired) electrons. The molecule has 0 fully saturated rings. The van der Waals surface area contributed by atoms with Gasteiger partial charge in [-0.2, -0.15) is 4.37 Å². The van der Waals surface area contributed by atoms with Crippen LogP contribution >= 0.6 is 11.5 Å². The molecule has 2 rings (SSSR count). The number of rotatable bonds is 4. The Morgan fingerprint density at radius 3 is 2.74 bits per heavy atom. The van der Waals surface area contributed by atoms with Crippen molar-refractivity contribution >= 4 is 22.6 Å². The van der Waals surface area contributed by atoms with E-state index >= 15 is 0 Å². The molecule has 0 unspecified atom stereocenters. The Kier molecular flexibility index (Phi) is 3.57. The van der Waals surface area contributed by atoms with E-state index in [2.05, 4.69) is 14.7 Å². The van der Waals surface area contributed by atoms with Gasteiger partial charge in [0.15, 0.2) is 0 Å². The van der Waals surface area contributed by atoms with Crippen molar-refractivity contribution in [2.45, 2.75) is 32.7 Å². The molecule has 7 heteroatoms. The standard InChI is InChI=1S/C12H15N3O3S/c1-12(2,3)10-14-11(19-15-10)13-6-7-4-5-8(18-7)9(16)17/h4-5H,6H2,1-3H3,(H,16,17)(H,13,14,15). The smallest absolute Gasteiger partial charge is 0.371 e. The Morgan fingerprint density at radius 1 is 1.47 bits per heavy atom. The van der Waals surface area contributed by atoms with Gasteiger partial charge < -0.3 is 14.8 Å². The topological polar surface area (TPSA) is 88.2 Å². The minimum atomic E-state index is -1.07. The van der Waals surface area contributed by atoms with Crippen molar-refractivity contribution in [3.63, 3.8) is 0 Å². The number of carbonyl (C=O) groups is 1. The third kappa shape index (κ3) is 3.31. The quantitative estimate of drug-likeness (QED) is 0.895. The van der Waals surface area contributed by atoms with E-state index in [4.69, 9.17) is 9.52 Å². The summed E-state index contributed by atoms with van der Waals surface area (Å²) in [5.41, 5.74) is -0.0857. The van der Waals surface area contributed by atoms with Crippen LogP contribution < -0.4 is 5.32 Å². The number of nitrogens with zero attached hydrogens (tertiary/aromatic N) is 2. The van der Waals surface area contributed by atoms with Gasteiger partial charge in [-0.05, 0) is 12.1 Å². The van der Waals surface area contributed by atoms with Crippen molar-refractivity contribution in [3.05, 3.63) is 29.5 Å². The van der Waals surface area contributed by atoms with Gasteiger partial charge in [-0.15, -0.1) is 0 Å². The number of nitrogens with one attached hydrogen (secondary N) is 1. The van der Waals surface area contributed by atoms with Crippen LogP contribution in [0.25, 0.3) is 0 Å². The maximum absolute atomic E-state index is 10.7. The summed E-state index contributed by atoms with van der Waals surface area (Å²) in [5.74, 6) is 0.192. The first-order valence-electron chi connectivity index (χ1n) is 5.76. The van der Waals surface area contributed by atoms with Gasteiger partial charge in [0.05, 0.1) is 6.54 Å². The van der Waals surface area contributed by atoms with Crippen molar-refractivity contribution in [1.29, 1.82) is 0 Å². The van der Waals surface area contributed by atoms with E-state index in [1.165, 1.54) is 17.6 Å². The summed E-state index contributed by atoms with van der Waals surface area (Å²) < 4.78 is 9.41. The molecule has 2 N–H and O–H groups in total. The summed E-state index contributed by atoms with van der Waals surface area (Å²) in [5, 5.41) is 12.5. The molecule has 19 heavy (non-hydrogen) atoms. The van der Waals surface area contributed by atoms with E-state index in [0.717, 1.165) is 5.82 Å². The van der Waals surface area contributed by atoms with Gasteiger partial charge in [0.1, 0.15) is 11.6 Å². The second-order valence-corrected chi connectivity index (χ2v) is 5.85. The fourth-order valence-electron chi connectivity index (χ4n) is 1.35. The van der Waals surface area contributed by atoms with Crippen LogP contribution in [0.3, 0.4) is 0 Å². The number of anilines is 1. The van der Waals surface area contributed by atoms with Crippen molar-refractivity contribution < 1.29 is 14.3 Å². The summed E-state index contributed by atoms with van der Waals surface area (Å²) in [6.07, 6.45) is 0. The lowest BCUT2D eigenvalue weighted by Crippen LogP contribution is -2.13. The van der Waals surface area contributed by atoms with Gasteiger partial charge in [0.25, 0.3) is 0 Å². The van der Waals surface area contributed by atoms with Crippen LogP contribution in [0.5, 0.6) is 0 Å². The van der Waals surface area contributed by atoms with E-state index < -0.39 is 5.97 Å². The zero-order valence-corrected chi connectivity index (χ0v) is 11.7. The monoisotopic (exact) mass is 281 g/mol. The number of hydrogen-bond donors (Lipinski definition) is 2. The number of hydrogen-bond acceptors (Lipinski definition) is 6. The van der Waals surface area contributed by atoms with Crippen molar-refractivity contribution in [3.8, 4) is 0 Å². The first-order valence-corrected chi connectivity index (χ1v) is 6.53. The Morgan fingerprint density at radius 2 is 2.21 bits per heavy atom. The van der Waals surface area contributed by atoms with E-state index in [0.29, 0.717) is 17.4 Å². The molecule has 0 atom stereocenters. The normalized spacial score (nSPS) is 11.5. The molecule has 0 saturated carbocycles. The van der Waals surface area contributed by atoms with Crippen LogP contribution in [0, 0.1) is 0 Å². The molecule has 0 aromatic carbocycles. The van der Waals surface area contributed by atoms with Crippen LogP contribution in [-0.4, -0.2) is 20.4 Å². The summed E-state index contributed by atoms with van der Waals surface area (Å²) in [6.45, 7) is 6.52. The molecule has 6 nitrogen and oxygen atoms in total. The average molecular weight is 281 g/mol. The molecule has 2 heterocycles. The molecule has 0 saturated heterocycles. The van der Waals surface area contributed by atoms with Crippen LogP contribution in [0.2, 0.25) is 0 Å². The molecule has 0 bridgehead atoms. The van der Waals surface area contributed by atoms with Gasteiger partial charge in [0.2, 0.25) is 10.9 Å². The third-order valence-corrected chi connectivity index (χ3v) is 3.06. The Balaban J connectivity index is 1.98. The predicted octanol–water partition coefficient (Wildman–Crippen LogP) is 2.74. The van der Waals surface area contributed by atoms with E-state index in [-0.39, 0.29) is 11.2 Å². The van der Waals surface area contributed by atoms with E-state index in [1.807, 2.05) is 20.8 Å². The number of aromatic nitrogens is 2. The predicted molar refractivity (Wildman–Crippen MR) is 71.6 cm³/mol. The van der Waals surface area contributed by atoms with E-state index in [9.17, 15) is 4.79 Å². The highest BCUT2D eigenvalue weighted by Gasteiger charge is 2.19. The molecular formula is C12H15N3O3S. The Hall–Kier alpha value is -1.89. The first-order chi connectivity index (χ1) is 8.86. The highest BCUT2D eigenvalue weighted by atomic mass is 32.1. The minimum absolute atomic E-state index is 0.0653. The van der Waals surface area contributed by atoms with Gasteiger partial charge >= 0.3 is 5.97 Å². The van der Waals surface area contributed by atoms with E-state index in [1.54, 1.807) is 6.07 Å².